The van der Waals surface area contributed by atoms with E-state index < -0.39 is 36.0 Å². The number of fused-ring (bicyclic) bond motifs is 5. The molecule has 3 aliphatic rings. The Morgan fingerprint density at radius 3 is 2.62 bits per heavy atom. The number of ether oxygens (including phenoxy) is 1. The Morgan fingerprint density at radius 1 is 1.38 bits per heavy atom. The molecule has 21 heavy (non-hydrogen) atoms. The van der Waals surface area contributed by atoms with E-state index in [2.05, 4.69) is 4.74 Å². The molecule has 0 aromatic rings. The number of rotatable bonds is 4. The maximum atomic E-state index is 13.4. The molecule has 0 aromatic carbocycles. The van der Waals surface area contributed by atoms with Gasteiger partial charge >= 0.3 is 18.0 Å². The maximum absolute atomic E-state index is 13.4. The highest BCUT2D eigenvalue weighted by atomic mass is 19.3. The zero-order valence-electron chi connectivity index (χ0n) is 11.6. The van der Waals surface area contributed by atoms with Gasteiger partial charge in [0.15, 0.2) is 0 Å². The average Bonchev–Trinajstić information content (AvgIpc) is 2.35. The molecule has 1 saturated carbocycles. The van der Waals surface area contributed by atoms with Gasteiger partial charge in [-0.15, -0.1) is 0 Å². The fraction of sp³-hybridized carbons (Fsp3) is 0.714. The molecule has 1 fully saturated rings. The summed E-state index contributed by atoms with van der Waals surface area (Å²) in [5.41, 5.74) is 1.04. The first kappa shape index (κ1) is 15.9. The van der Waals surface area contributed by atoms with Crippen molar-refractivity contribution in [2.45, 2.75) is 44.8 Å². The highest BCUT2D eigenvalue weighted by molar-refractivity contribution is 5.73. The molecule has 4 unspecified atom stereocenters. The van der Waals surface area contributed by atoms with Crippen LogP contribution in [0.5, 0.6) is 0 Å². The third-order valence-corrected chi connectivity index (χ3v) is 4.27. The van der Waals surface area contributed by atoms with Gasteiger partial charge in [0.1, 0.15) is 0 Å². The average molecular weight is 304 g/mol. The molecule has 0 aromatic heterocycles. The number of carbonyl (C=O) groups is 2. The molecule has 4 atom stereocenters. The molecule has 3 rings (SSSR count). The Labute approximate surface area is 120 Å². The lowest BCUT2D eigenvalue weighted by Crippen LogP contribution is -2.45. The third-order valence-electron chi connectivity index (χ3n) is 4.27. The second-order valence-corrected chi connectivity index (χ2v) is 5.87. The smallest absolute Gasteiger partial charge is 0.456 e. The number of hydrogen-bond acceptors (Lipinski definition) is 3. The van der Waals surface area contributed by atoms with E-state index >= 15 is 0 Å². The van der Waals surface area contributed by atoms with E-state index in [1.54, 1.807) is 0 Å². The topological polar surface area (TPSA) is 83.8 Å². The number of carboxylic acids is 2. The molecule has 0 aliphatic heterocycles. The lowest BCUT2D eigenvalue weighted by atomic mass is 9.69. The van der Waals surface area contributed by atoms with Gasteiger partial charge in [-0.2, -0.15) is 8.78 Å². The highest BCUT2D eigenvalue weighted by Gasteiger charge is 2.48. The maximum Gasteiger partial charge on any atom is 0.456 e. The highest BCUT2D eigenvalue weighted by Crippen LogP contribution is 2.43. The minimum absolute atomic E-state index is 0.0489. The molecule has 2 N–H and O–H groups in total. The van der Waals surface area contributed by atoms with Crippen molar-refractivity contribution in [3.8, 4) is 0 Å². The Hall–Kier alpha value is -1.50. The molecule has 0 amide bonds. The van der Waals surface area contributed by atoms with E-state index in [0.29, 0.717) is 19.3 Å². The van der Waals surface area contributed by atoms with Crippen molar-refractivity contribution in [2.75, 3.05) is 0 Å². The summed E-state index contributed by atoms with van der Waals surface area (Å²) in [7, 11) is 0. The largest absolute Gasteiger partial charge is 0.481 e. The minimum Gasteiger partial charge on any atom is -0.481 e. The minimum atomic E-state index is -4.30. The summed E-state index contributed by atoms with van der Waals surface area (Å²) < 4.78 is 31.2. The SMILES string of the molecule is CC1/C=C2\CCC(C(OC(F)(F)C(=O)O)C1)C(C(=O)O)C2. The first-order chi connectivity index (χ1) is 9.70. The Morgan fingerprint density at radius 2 is 2.05 bits per heavy atom. The van der Waals surface area contributed by atoms with E-state index in [-0.39, 0.29) is 12.3 Å². The molecule has 3 aliphatic carbocycles. The van der Waals surface area contributed by atoms with Crippen LogP contribution in [0.1, 0.15) is 32.6 Å². The second-order valence-electron chi connectivity index (χ2n) is 5.87. The van der Waals surface area contributed by atoms with Crippen LogP contribution < -0.4 is 0 Å². The van der Waals surface area contributed by atoms with Crippen molar-refractivity contribution in [1.82, 2.24) is 0 Å². The monoisotopic (exact) mass is 304 g/mol. The molecule has 2 bridgehead atoms. The molecule has 0 spiro atoms. The molecule has 5 nitrogen and oxygen atoms in total. The molecule has 7 heteroatoms. The van der Waals surface area contributed by atoms with Gasteiger partial charge in [0.2, 0.25) is 0 Å². The predicted octanol–water partition coefficient (Wildman–Crippen LogP) is 2.52. The first-order valence-corrected chi connectivity index (χ1v) is 6.92. The number of hydrogen-bond donors (Lipinski definition) is 2. The lowest BCUT2D eigenvalue weighted by molar-refractivity contribution is -0.274. The Balaban J connectivity index is 2.28. The normalized spacial score (nSPS) is 35.5. The summed E-state index contributed by atoms with van der Waals surface area (Å²) in [5.74, 6) is -4.84. The molecular formula is C14H18F2O5. The second kappa shape index (κ2) is 5.71. The zero-order valence-corrected chi connectivity index (χ0v) is 11.6. The molecule has 0 radical (unpaired) electrons. The van der Waals surface area contributed by atoms with Gasteiger partial charge in [-0.1, -0.05) is 18.6 Å². The molecule has 0 heterocycles. The summed E-state index contributed by atoms with van der Waals surface area (Å²) in [5, 5.41) is 17.8. The van der Waals surface area contributed by atoms with Gasteiger partial charge in [-0.05, 0) is 37.5 Å². The number of alkyl halides is 2. The van der Waals surface area contributed by atoms with Crippen LogP contribution in [0, 0.1) is 17.8 Å². The van der Waals surface area contributed by atoms with E-state index in [9.17, 15) is 23.5 Å². The van der Waals surface area contributed by atoms with Crippen LogP contribution in [0.2, 0.25) is 0 Å². The third kappa shape index (κ3) is 3.40. The van der Waals surface area contributed by atoms with Crippen LogP contribution >= 0.6 is 0 Å². The first-order valence-electron chi connectivity index (χ1n) is 6.92. The van der Waals surface area contributed by atoms with E-state index in [1.807, 2.05) is 13.0 Å². The van der Waals surface area contributed by atoms with Gasteiger partial charge in [-0.25, -0.2) is 4.79 Å². The van der Waals surface area contributed by atoms with Crippen molar-refractivity contribution in [2.24, 2.45) is 17.8 Å². The molecule has 0 saturated heterocycles. The standard InChI is InChI=1S/C14H18F2O5/c1-7-4-8-2-3-9(10(6-8)12(17)18)11(5-7)21-14(15,16)13(19)20/h4,7,9-11H,2-3,5-6H2,1H3,(H,17,18)(H,19,20)/b8-4+. The van der Waals surface area contributed by atoms with Gasteiger partial charge in [0.25, 0.3) is 0 Å². The zero-order chi connectivity index (χ0) is 15.8. The molecular weight excluding hydrogens is 286 g/mol. The van der Waals surface area contributed by atoms with Crippen molar-refractivity contribution < 1.29 is 33.3 Å². The number of halogens is 2. The Bertz CT molecular complexity index is 474. The number of allylic oxidation sites excluding steroid dienone is 2. The number of aliphatic carboxylic acids is 2. The van der Waals surface area contributed by atoms with Crippen LogP contribution in [0.25, 0.3) is 0 Å². The van der Waals surface area contributed by atoms with Crippen molar-refractivity contribution in [3.63, 3.8) is 0 Å². The van der Waals surface area contributed by atoms with Crippen molar-refractivity contribution >= 4 is 11.9 Å². The summed E-state index contributed by atoms with van der Waals surface area (Å²) in [6.07, 6.45) is -1.88. The fourth-order valence-electron chi connectivity index (χ4n) is 3.34. The Kier molecular flexibility index (Phi) is 4.32. The van der Waals surface area contributed by atoms with Crippen molar-refractivity contribution in [1.29, 1.82) is 0 Å². The van der Waals surface area contributed by atoms with Crippen LogP contribution in [0.4, 0.5) is 8.78 Å². The number of carboxylic acid groups (broad SMARTS) is 2. The van der Waals surface area contributed by atoms with E-state index in [4.69, 9.17) is 5.11 Å². The summed E-state index contributed by atoms with van der Waals surface area (Å²) >= 11 is 0. The lowest BCUT2D eigenvalue weighted by Gasteiger charge is -2.39. The van der Waals surface area contributed by atoms with E-state index in [1.165, 1.54) is 0 Å². The van der Waals surface area contributed by atoms with Gasteiger partial charge in [0.05, 0.1) is 12.0 Å². The van der Waals surface area contributed by atoms with Crippen LogP contribution in [0.15, 0.2) is 11.6 Å². The van der Waals surface area contributed by atoms with Gasteiger partial charge < -0.3 is 14.9 Å². The summed E-state index contributed by atoms with van der Waals surface area (Å²) in [6.45, 7) is 1.83. The summed E-state index contributed by atoms with van der Waals surface area (Å²) in [4.78, 5) is 21.9. The fourth-order valence-corrected chi connectivity index (χ4v) is 3.34. The molecule has 118 valence electrons. The van der Waals surface area contributed by atoms with Crippen LogP contribution in [0.3, 0.4) is 0 Å². The van der Waals surface area contributed by atoms with E-state index in [0.717, 1.165) is 5.57 Å². The summed E-state index contributed by atoms with van der Waals surface area (Å²) in [6, 6.07) is 0. The predicted molar refractivity (Wildman–Crippen MR) is 67.8 cm³/mol. The van der Waals surface area contributed by atoms with Gasteiger partial charge in [0, 0.05) is 0 Å². The quantitative estimate of drug-likeness (QED) is 0.780. The van der Waals surface area contributed by atoms with Crippen molar-refractivity contribution in [3.05, 3.63) is 11.6 Å². The van der Waals surface area contributed by atoms with Crippen LogP contribution in [-0.4, -0.2) is 34.4 Å². The van der Waals surface area contributed by atoms with Gasteiger partial charge in [-0.3, -0.25) is 4.79 Å². The van der Waals surface area contributed by atoms with Crippen LogP contribution in [-0.2, 0) is 14.3 Å².